The van der Waals surface area contributed by atoms with E-state index in [0.717, 1.165) is 22.6 Å². The molecular formula is C23H23N3O4. The van der Waals surface area contributed by atoms with Gasteiger partial charge in [-0.05, 0) is 30.3 Å². The van der Waals surface area contributed by atoms with E-state index in [1.54, 1.807) is 31.2 Å². The SMILES string of the molecule is C=CCOc1c(OC)cccc1C1CC(=O)Nc2c1cnn2-c1ccc(OC)cc1. The second-order valence-corrected chi connectivity index (χ2v) is 6.84. The van der Waals surface area contributed by atoms with Gasteiger partial charge >= 0.3 is 0 Å². The van der Waals surface area contributed by atoms with Crippen molar-refractivity contribution in [3.63, 3.8) is 0 Å². The lowest BCUT2D eigenvalue weighted by atomic mass is 9.86. The van der Waals surface area contributed by atoms with E-state index in [0.29, 0.717) is 30.3 Å². The molecule has 0 fully saturated rings. The van der Waals surface area contributed by atoms with Gasteiger partial charge in [-0.25, -0.2) is 4.68 Å². The molecule has 0 bridgehead atoms. The first-order valence-corrected chi connectivity index (χ1v) is 9.59. The van der Waals surface area contributed by atoms with Gasteiger partial charge in [0.15, 0.2) is 11.5 Å². The molecule has 7 nitrogen and oxygen atoms in total. The second kappa shape index (κ2) is 8.32. The van der Waals surface area contributed by atoms with Crippen LogP contribution >= 0.6 is 0 Å². The average molecular weight is 405 g/mol. The lowest BCUT2D eigenvalue weighted by molar-refractivity contribution is -0.116. The van der Waals surface area contributed by atoms with E-state index < -0.39 is 0 Å². The Balaban J connectivity index is 1.79. The summed E-state index contributed by atoms with van der Waals surface area (Å²) < 4.78 is 18.4. The fraction of sp³-hybridized carbons (Fsp3) is 0.217. The first-order valence-electron chi connectivity index (χ1n) is 9.59. The van der Waals surface area contributed by atoms with Crippen molar-refractivity contribution in [2.75, 3.05) is 26.1 Å². The Hall–Kier alpha value is -3.74. The van der Waals surface area contributed by atoms with Gasteiger partial charge in [0.25, 0.3) is 0 Å². The maximum atomic E-state index is 12.6. The number of hydrogen-bond donors (Lipinski definition) is 1. The zero-order chi connectivity index (χ0) is 21.1. The fourth-order valence-electron chi connectivity index (χ4n) is 3.68. The summed E-state index contributed by atoms with van der Waals surface area (Å²) >= 11 is 0. The van der Waals surface area contributed by atoms with E-state index in [-0.39, 0.29) is 11.8 Å². The van der Waals surface area contributed by atoms with E-state index >= 15 is 0 Å². The highest BCUT2D eigenvalue weighted by atomic mass is 16.5. The van der Waals surface area contributed by atoms with Crippen molar-refractivity contribution in [3.8, 4) is 22.9 Å². The standard InChI is InChI=1S/C23H23N3O4/c1-4-12-30-22-17(6-5-7-20(22)29-3)18-13-21(27)25-23-19(18)14-24-26(23)15-8-10-16(28-2)11-9-15/h4-11,14,18H,1,12-13H2,2-3H3,(H,25,27). The molecule has 3 aromatic rings. The van der Waals surface area contributed by atoms with E-state index in [4.69, 9.17) is 14.2 Å². The smallest absolute Gasteiger partial charge is 0.226 e. The van der Waals surface area contributed by atoms with Crippen LogP contribution in [0.1, 0.15) is 23.5 Å². The molecule has 1 aliphatic rings. The number of amides is 1. The Kier molecular flexibility index (Phi) is 5.43. The average Bonchev–Trinajstić information content (AvgIpc) is 3.20. The molecule has 1 amide bonds. The summed E-state index contributed by atoms with van der Waals surface area (Å²) in [4.78, 5) is 12.6. The maximum absolute atomic E-state index is 12.6. The molecule has 0 aliphatic carbocycles. The van der Waals surface area contributed by atoms with E-state index in [9.17, 15) is 4.79 Å². The van der Waals surface area contributed by atoms with Crippen molar-refractivity contribution in [1.82, 2.24) is 9.78 Å². The number of nitrogens with zero attached hydrogens (tertiary/aromatic N) is 2. The van der Waals surface area contributed by atoms with Crippen LogP contribution in [0.5, 0.6) is 17.2 Å². The molecule has 4 rings (SSSR count). The number of para-hydroxylation sites is 1. The highest BCUT2D eigenvalue weighted by Gasteiger charge is 2.33. The first-order chi connectivity index (χ1) is 14.7. The number of benzene rings is 2. The van der Waals surface area contributed by atoms with Crippen LogP contribution in [-0.2, 0) is 4.79 Å². The number of hydrogen-bond acceptors (Lipinski definition) is 5. The van der Waals surface area contributed by atoms with Crippen LogP contribution in [-0.4, -0.2) is 36.5 Å². The zero-order valence-electron chi connectivity index (χ0n) is 16.9. The van der Waals surface area contributed by atoms with Crippen molar-refractivity contribution in [2.24, 2.45) is 0 Å². The van der Waals surface area contributed by atoms with Crippen LogP contribution in [0.4, 0.5) is 5.82 Å². The topological polar surface area (TPSA) is 74.6 Å². The van der Waals surface area contributed by atoms with Crippen molar-refractivity contribution in [2.45, 2.75) is 12.3 Å². The van der Waals surface area contributed by atoms with Gasteiger partial charge in [0.2, 0.25) is 5.91 Å². The Morgan fingerprint density at radius 3 is 2.67 bits per heavy atom. The normalized spacial score (nSPS) is 15.1. The molecule has 30 heavy (non-hydrogen) atoms. The third kappa shape index (κ3) is 3.50. The van der Waals surface area contributed by atoms with Crippen molar-refractivity contribution in [3.05, 3.63) is 72.4 Å². The maximum Gasteiger partial charge on any atom is 0.226 e. The van der Waals surface area contributed by atoms with Gasteiger partial charge in [0, 0.05) is 23.5 Å². The number of aromatic nitrogens is 2. The second-order valence-electron chi connectivity index (χ2n) is 6.84. The third-order valence-electron chi connectivity index (χ3n) is 5.09. The van der Waals surface area contributed by atoms with Crippen LogP contribution in [0.2, 0.25) is 0 Å². The van der Waals surface area contributed by atoms with E-state index in [1.165, 1.54) is 0 Å². The van der Waals surface area contributed by atoms with Crippen LogP contribution in [0, 0.1) is 0 Å². The quantitative estimate of drug-likeness (QED) is 0.603. The number of rotatable bonds is 7. The molecule has 2 aromatic carbocycles. The molecule has 0 saturated carbocycles. The van der Waals surface area contributed by atoms with Gasteiger partial charge in [-0.3, -0.25) is 4.79 Å². The Morgan fingerprint density at radius 1 is 1.17 bits per heavy atom. The Labute approximate surface area is 174 Å². The highest BCUT2D eigenvalue weighted by Crippen LogP contribution is 2.44. The van der Waals surface area contributed by atoms with Gasteiger partial charge in [-0.1, -0.05) is 24.8 Å². The summed E-state index contributed by atoms with van der Waals surface area (Å²) in [6.45, 7) is 4.06. The molecule has 154 valence electrons. The number of ether oxygens (including phenoxy) is 3. The van der Waals surface area contributed by atoms with Gasteiger partial charge in [-0.15, -0.1) is 0 Å². The van der Waals surface area contributed by atoms with Crippen LogP contribution in [0.25, 0.3) is 5.69 Å². The summed E-state index contributed by atoms with van der Waals surface area (Å²) in [5, 5.41) is 7.51. The Bertz CT molecular complexity index is 1070. The van der Waals surface area contributed by atoms with Crippen LogP contribution in [0.15, 0.2) is 61.3 Å². The molecule has 1 aromatic heterocycles. The lowest BCUT2D eigenvalue weighted by Crippen LogP contribution is -2.25. The van der Waals surface area contributed by atoms with Crippen LogP contribution in [0.3, 0.4) is 0 Å². The van der Waals surface area contributed by atoms with Gasteiger partial charge < -0.3 is 19.5 Å². The summed E-state index contributed by atoms with van der Waals surface area (Å²) in [5.74, 6) is 2.34. The predicted molar refractivity (Wildman–Crippen MR) is 114 cm³/mol. The van der Waals surface area contributed by atoms with Crippen molar-refractivity contribution in [1.29, 1.82) is 0 Å². The number of methoxy groups -OCH3 is 2. The molecule has 7 heteroatoms. The molecule has 2 heterocycles. The van der Waals surface area contributed by atoms with Crippen LogP contribution < -0.4 is 19.5 Å². The van der Waals surface area contributed by atoms with E-state index in [1.807, 2.05) is 42.5 Å². The number of fused-ring (bicyclic) bond motifs is 1. The number of carbonyl (C=O) groups is 1. The summed E-state index contributed by atoms with van der Waals surface area (Å²) in [7, 11) is 3.22. The first kappa shape index (κ1) is 19.6. The monoisotopic (exact) mass is 405 g/mol. The van der Waals surface area contributed by atoms with E-state index in [2.05, 4.69) is 17.0 Å². The molecule has 1 atom stereocenters. The zero-order valence-corrected chi connectivity index (χ0v) is 16.9. The summed E-state index contributed by atoms with van der Waals surface area (Å²) in [6.07, 6.45) is 3.76. The minimum Gasteiger partial charge on any atom is -0.497 e. The van der Waals surface area contributed by atoms with Gasteiger partial charge in [0.05, 0.1) is 26.1 Å². The van der Waals surface area contributed by atoms with Crippen molar-refractivity contribution >= 4 is 11.7 Å². The van der Waals surface area contributed by atoms with Crippen molar-refractivity contribution < 1.29 is 19.0 Å². The fourth-order valence-corrected chi connectivity index (χ4v) is 3.68. The lowest BCUT2D eigenvalue weighted by Gasteiger charge is -2.26. The number of anilines is 1. The molecule has 1 aliphatic heterocycles. The molecule has 1 unspecified atom stereocenters. The largest absolute Gasteiger partial charge is 0.497 e. The predicted octanol–water partition coefficient (Wildman–Crippen LogP) is 3.93. The minimum atomic E-state index is -0.212. The molecule has 0 radical (unpaired) electrons. The van der Waals surface area contributed by atoms with Gasteiger partial charge in [-0.2, -0.15) is 5.10 Å². The minimum absolute atomic E-state index is 0.0831. The number of carbonyl (C=O) groups excluding carboxylic acids is 1. The molecular weight excluding hydrogens is 382 g/mol. The molecule has 0 saturated heterocycles. The Morgan fingerprint density at radius 2 is 1.97 bits per heavy atom. The molecule has 1 N–H and O–H groups in total. The highest BCUT2D eigenvalue weighted by molar-refractivity contribution is 5.95. The summed E-state index contributed by atoms with van der Waals surface area (Å²) in [6, 6.07) is 13.2. The third-order valence-corrected chi connectivity index (χ3v) is 5.09. The molecule has 0 spiro atoms. The number of nitrogens with one attached hydrogen (secondary N) is 1. The summed E-state index contributed by atoms with van der Waals surface area (Å²) in [5.41, 5.74) is 2.62. The van der Waals surface area contributed by atoms with Gasteiger partial charge in [0.1, 0.15) is 18.2 Å².